The summed E-state index contributed by atoms with van der Waals surface area (Å²) in [5.74, 6) is -1.11. The maximum absolute atomic E-state index is 13.1. The molecule has 4 rings (SSSR count). The fourth-order valence-electron chi connectivity index (χ4n) is 3.11. The monoisotopic (exact) mass is 390 g/mol. The molecule has 2 aromatic rings. The molecule has 2 N–H and O–H groups in total. The molecular weight excluding hydrogens is 371 g/mol. The number of halogens is 1. The Morgan fingerprint density at radius 1 is 1.15 bits per heavy atom. The van der Waals surface area contributed by atoms with Crippen LogP contribution in [0.4, 0.5) is 9.52 Å². The Bertz CT molecular complexity index is 845. The lowest BCUT2D eigenvalue weighted by molar-refractivity contribution is -0.124. The number of amides is 2. The largest absolute Gasteiger partial charge is 0.378 e. The van der Waals surface area contributed by atoms with E-state index in [-0.39, 0.29) is 17.4 Å². The molecular formula is C18H19FN4O3S. The van der Waals surface area contributed by atoms with Crippen LogP contribution in [0, 0.1) is 5.82 Å². The minimum absolute atomic E-state index is 0.258. The number of carbonyl (C=O) groups is 2. The predicted octanol–water partition coefficient (Wildman–Crippen LogP) is 1.61. The number of anilines is 1. The van der Waals surface area contributed by atoms with Gasteiger partial charge in [-0.3, -0.25) is 20.4 Å². The number of nitrogens with one attached hydrogen (secondary N) is 2. The number of aromatic nitrogens is 1. The van der Waals surface area contributed by atoms with E-state index in [1.54, 1.807) is 17.5 Å². The molecule has 0 bridgehead atoms. The van der Waals surface area contributed by atoms with E-state index < -0.39 is 11.3 Å². The molecule has 2 fully saturated rings. The molecule has 0 atom stereocenters. The number of morpholine rings is 1. The van der Waals surface area contributed by atoms with Crippen molar-refractivity contribution in [2.45, 2.75) is 18.3 Å². The van der Waals surface area contributed by atoms with Gasteiger partial charge in [0.1, 0.15) is 11.5 Å². The molecule has 1 aliphatic heterocycles. The smallest absolute Gasteiger partial charge is 0.289 e. The van der Waals surface area contributed by atoms with Gasteiger partial charge in [-0.25, -0.2) is 9.37 Å². The lowest BCUT2D eigenvalue weighted by Gasteiger charge is -2.25. The van der Waals surface area contributed by atoms with Crippen molar-refractivity contribution in [3.8, 4) is 0 Å². The molecule has 1 saturated carbocycles. The zero-order valence-corrected chi connectivity index (χ0v) is 15.4. The van der Waals surface area contributed by atoms with Gasteiger partial charge in [-0.15, -0.1) is 11.3 Å². The van der Waals surface area contributed by atoms with Crippen molar-refractivity contribution >= 4 is 28.3 Å². The third kappa shape index (κ3) is 3.65. The molecule has 7 nitrogen and oxygen atoms in total. The Hall–Kier alpha value is -2.52. The number of hydrogen-bond acceptors (Lipinski definition) is 6. The quantitative estimate of drug-likeness (QED) is 0.775. The zero-order chi connectivity index (χ0) is 18.9. The van der Waals surface area contributed by atoms with Crippen molar-refractivity contribution in [2.24, 2.45) is 0 Å². The minimum Gasteiger partial charge on any atom is -0.378 e. The van der Waals surface area contributed by atoms with Crippen LogP contribution < -0.4 is 15.8 Å². The van der Waals surface area contributed by atoms with Gasteiger partial charge in [0.05, 0.1) is 18.6 Å². The van der Waals surface area contributed by atoms with Gasteiger partial charge in [-0.1, -0.05) is 12.1 Å². The van der Waals surface area contributed by atoms with Gasteiger partial charge in [0.25, 0.3) is 5.91 Å². The van der Waals surface area contributed by atoms with Crippen molar-refractivity contribution in [1.82, 2.24) is 15.8 Å². The highest BCUT2D eigenvalue weighted by atomic mass is 32.1. The van der Waals surface area contributed by atoms with Crippen molar-refractivity contribution in [3.63, 3.8) is 0 Å². The van der Waals surface area contributed by atoms with Gasteiger partial charge in [0.2, 0.25) is 5.91 Å². The third-order valence-corrected chi connectivity index (χ3v) is 5.78. The number of hydrazine groups is 1. The fourth-order valence-corrected chi connectivity index (χ4v) is 3.97. The van der Waals surface area contributed by atoms with Crippen molar-refractivity contribution < 1.29 is 18.7 Å². The number of hydrogen-bond donors (Lipinski definition) is 2. The van der Waals surface area contributed by atoms with Crippen LogP contribution in [-0.4, -0.2) is 43.1 Å². The van der Waals surface area contributed by atoms with E-state index >= 15 is 0 Å². The first-order valence-electron chi connectivity index (χ1n) is 8.73. The summed E-state index contributed by atoms with van der Waals surface area (Å²) in [5.41, 5.74) is 5.23. The highest BCUT2D eigenvalue weighted by Crippen LogP contribution is 2.48. The number of rotatable bonds is 4. The highest BCUT2D eigenvalue weighted by Gasteiger charge is 2.51. The summed E-state index contributed by atoms with van der Waals surface area (Å²) in [6, 6.07) is 5.89. The van der Waals surface area contributed by atoms with Crippen molar-refractivity contribution in [2.75, 3.05) is 31.2 Å². The van der Waals surface area contributed by atoms with Gasteiger partial charge >= 0.3 is 0 Å². The maximum Gasteiger partial charge on any atom is 0.289 e. The average molecular weight is 390 g/mol. The third-order valence-electron chi connectivity index (χ3n) is 4.88. The van der Waals surface area contributed by atoms with E-state index in [9.17, 15) is 14.0 Å². The summed E-state index contributed by atoms with van der Waals surface area (Å²) in [4.78, 5) is 31.2. The van der Waals surface area contributed by atoms with E-state index in [0.29, 0.717) is 26.1 Å². The number of thiazole rings is 1. The SMILES string of the molecule is O=C(NNC(=O)C1(c2ccc(F)cc2)CC1)c1csc(N2CCOCC2)n1. The van der Waals surface area contributed by atoms with Crippen LogP contribution in [0.15, 0.2) is 29.6 Å². The van der Waals surface area contributed by atoms with E-state index in [2.05, 4.69) is 20.7 Å². The van der Waals surface area contributed by atoms with Gasteiger partial charge in [0, 0.05) is 18.5 Å². The Morgan fingerprint density at radius 2 is 1.85 bits per heavy atom. The summed E-state index contributed by atoms with van der Waals surface area (Å²) in [6.07, 6.45) is 1.33. The Kier molecular flexibility index (Phi) is 4.79. The molecule has 0 spiro atoms. The second-order valence-corrected chi connectivity index (χ2v) is 7.45. The van der Waals surface area contributed by atoms with Crippen LogP contribution in [0.25, 0.3) is 0 Å². The van der Waals surface area contributed by atoms with Gasteiger partial charge in [0.15, 0.2) is 5.13 Å². The number of benzene rings is 1. The van der Waals surface area contributed by atoms with E-state index in [1.165, 1.54) is 23.5 Å². The fraction of sp³-hybridized carbons (Fsp3) is 0.389. The first-order valence-corrected chi connectivity index (χ1v) is 9.61. The van der Waals surface area contributed by atoms with Gasteiger partial charge in [-0.2, -0.15) is 0 Å². The molecule has 1 aromatic carbocycles. The number of carbonyl (C=O) groups excluding carboxylic acids is 2. The molecule has 0 unspecified atom stereocenters. The number of nitrogens with zero attached hydrogens (tertiary/aromatic N) is 2. The van der Waals surface area contributed by atoms with Crippen LogP contribution in [0.2, 0.25) is 0 Å². The molecule has 1 aromatic heterocycles. The molecule has 27 heavy (non-hydrogen) atoms. The topological polar surface area (TPSA) is 83.6 Å². The predicted molar refractivity (Wildman–Crippen MR) is 98.1 cm³/mol. The van der Waals surface area contributed by atoms with Gasteiger partial charge in [-0.05, 0) is 30.5 Å². The zero-order valence-electron chi connectivity index (χ0n) is 14.5. The van der Waals surface area contributed by atoms with Crippen LogP contribution in [0.5, 0.6) is 0 Å². The average Bonchev–Trinajstić information content (AvgIpc) is 3.36. The van der Waals surface area contributed by atoms with Crippen LogP contribution >= 0.6 is 11.3 Å². The molecule has 0 radical (unpaired) electrons. The normalized spacial score (nSPS) is 18.0. The lowest BCUT2D eigenvalue weighted by Crippen LogP contribution is -2.46. The minimum atomic E-state index is -0.692. The van der Waals surface area contributed by atoms with E-state index in [0.717, 1.165) is 23.8 Å². The second-order valence-electron chi connectivity index (χ2n) is 6.61. The summed E-state index contributed by atoms with van der Waals surface area (Å²) in [6.45, 7) is 2.77. The van der Waals surface area contributed by atoms with Gasteiger partial charge < -0.3 is 9.64 Å². The first kappa shape index (κ1) is 17.9. The molecule has 142 valence electrons. The Morgan fingerprint density at radius 3 is 2.52 bits per heavy atom. The van der Waals surface area contributed by atoms with Crippen LogP contribution in [0.3, 0.4) is 0 Å². The van der Waals surface area contributed by atoms with E-state index in [1.807, 2.05) is 0 Å². The second kappa shape index (κ2) is 7.24. The Balaban J connectivity index is 1.36. The molecule has 2 amide bonds. The maximum atomic E-state index is 13.1. The summed E-state index contributed by atoms with van der Waals surface area (Å²) < 4.78 is 18.4. The van der Waals surface area contributed by atoms with Crippen LogP contribution in [0.1, 0.15) is 28.9 Å². The summed E-state index contributed by atoms with van der Waals surface area (Å²) >= 11 is 1.38. The number of ether oxygens (including phenoxy) is 1. The standard InChI is InChI=1S/C18H19FN4O3S/c19-13-3-1-12(2-4-13)18(5-6-18)16(25)22-21-15(24)14-11-27-17(20-14)23-7-9-26-10-8-23/h1-4,11H,5-10H2,(H,21,24)(H,22,25). The molecule has 1 saturated heterocycles. The highest BCUT2D eigenvalue weighted by molar-refractivity contribution is 7.13. The Labute approximate surface area is 159 Å². The molecule has 2 heterocycles. The molecule has 2 aliphatic rings. The molecule has 9 heteroatoms. The van der Waals surface area contributed by atoms with E-state index in [4.69, 9.17) is 4.74 Å². The lowest BCUT2D eigenvalue weighted by atomic mass is 9.95. The van der Waals surface area contributed by atoms with Crippen LogP contribution in [-0.2, 0) is 14.9 Å². The van der Waals surface area contributed by atoms with Crippen molar-refractivity contribution in [3.05, 3.63) is 46.7 Å². The molecule has 1 aliphatic carbocycles. The first-order chi connectivity index (χ1) is 13.1. The van der Waals surface area contributed by atoms with Crippen molar-refractivity contribution in [1.29, 1.82) is 0 Å². The summed E-state index contributed by atoms with van der Waals surface area (Å²) in [5, 5.41) is 2.43. The summed E-state index contributed by atoms with van der Waals surface area (Å²) in [7, 11) is 0.